The first-order valence-corrected chi connectivity index (χ1v) is 5.62. The highest BCUT2D eigenvalue weighted by atomic mass is 32.1. The molecule has 3 aromatic rings. The third-order valence-electron chi connectivity index (χ3n) is 2.43. The fourth-order valence-corrected chi connectivity index (χ4v) is 2.17. The summed E-state index contributed by atoms with van der Waals surface area (Å²) in [7, 11) is 0. The largest absolute Gasteiger partial charge is 0.245 e. The van der Waals surface area contributed by atoms with Crippen LogP contribution >= 0.6 is 11.3 Å². The van der Waals surface area contributed by atoms with Gasteiger partial charge in [0.2, 0.25) is 0 Å². The third kappa shape index (κ3) is 1.53. The highest BCUT2D eigenvalue weighted by molar-refractivity contribution is 7.07. The Labute approximate surface area is 93.4 Å². The summed E-state index contributed by atoms with van der Waals surface area (Å²) >= 11 is 1.36. The Morgan fingerprint density at radius 1 is 1.07 bits per heavy atom. The minimum absolute atomic E-state index is 0.364. The molecule has 0 atom stereocenters. The molecule has 2 heteroatoms. The maximum absolute atomic E-state index is 7.44. The minimum Gasteiger partial charge on any atom is -0.245 e. The molecule has 0 fully saturated rings. The smallest absolute Gasteiger partial charge is 0.0960 e. The molecule has 0 radical (unpaired) electrons. The van der Waals surface area contributed by atoms with Crippen molar-refractivity contribution in [3.05, 3.63) is 53.3 Å². The number of thiazole rings is 1. The van der Waals surface area contributed by atoms with Gasteiger partial charge in [-0.2, -0.15) is 0 Å². The average molecular weight is 213 g/mol. The van der Waals surface area contributed by atoms with E-state index in [2.05, 4.69) is 35.3 Å². The predicted molar refractivity (Wildman–Crippen MR) is 65.1 cm³/mol. The molecule has 72 valence electrons. The summed E-state index contributed by atoms with van der Waals surface area (Å²) in [5, 5.41) is 4.36. The number of hydrogen-bond acceptors (Lipinski definition) is 2. The predicted octanol–water partition coefficient (Wildman–Crippen LogP) is 3.96. The molecule has 2 aromatic carbocycles. The van der Waals surface area contributed by atoms with Crippen molar-refractivity contribution in [2.24, 2.45) is 0 Å². The number of nitrogens with zero attached hydrogens (tertiary/aromatic N) is 1. The Balaban J connectivity index is 2.18. The van der Waals surface area contributed by atoms with Crippen LogP contribution < -0.4 is 0 Å². The molecule has 0 aliphatic rings. The maximum atomic E-state index is 7.44. The molecule has 1 nitrogen and oxygen atoms in total. The van der Waals surface area contributed by atoms with E-state index >= 15 is 0 Å². The molecule has 1 heterocycles. The number of hydrogen-bond donors (Lipinski definition) is 0. The van der Waals surface area contributed by atoms with Gasteiger partial charge >= 0.3 is 0 Å². The third-order valence-corrected chi connectivity index (χ3v) is 2.97. The van der Waals surface area contributed by atoms with E-state index in [9.17, 15) is 0 Å². The van der Waals surface area contributed by atoms with Crippen LogP contribution in [0.5, 0.6) is 0 Å². The maximum Gasteiger partial charge on any atom is 0.0960 e. The second-order valence-electron chi connectivity index (χ2n) is 3.39. The van der Waals surface area contributed by atoms with Crippen molar-refractivity contribution < 1.29 is 1.37 Å². The molecule has 1 aromatic heterocycles. The molecule has 0 unspecified atom stereocenters. The number of benzene rings is 2. The zero-order chi connectivity index (χ0) is 11.0. The van der Waals surface area contributed by atoms with Crippen LogP contribution in [0.4, 0.5) is 0 Å². The lowest BCUT2D eigenvalue weighted by Crippen LogP contribution is -1.77. The van der Waals surface area contributed by atoms with E-state index in [1.807, 2.05) is 17.5 Å². The van der Waals surface area contributed by atoms with Crippen LogP contribution in [0, 0.1) is 0 Å². The Bertz CT molecular complexity index is 645. The summed E-state index contributed by atoms with van der Waals surface area (Å²) in [4.78, 5) is 4.17. The highest BCUT2D eigenvalue weighted by Crippen LogP contribution is 2.23. The van der Waals surface area contributed by atoms with E-state index in [0.29, 0.717) is 5.49 Å². The zero-order valence-electron chi connectivity index (χ0n) is 8.97. The SMILES string of the molecule is [3H]c1nc(-c2ccc3ccccc3c2)cs1. The van der Waals surface area contributed by atoms with Gasteiger partial charge in [-0.15, -0.1) is 11.3 Å². The fourth-order valence-electron chi connectivity index (χ4n) is 1.67. The first-order valence-electron chi connectivity index (χ1n) is 5.24. The molecule has 0 saturated carbocycles. The van der Waals surface area contributed by atoms with E-state index in [4.69, 9.17) is 1.37 Å². The van der Waals surface area contributed by atoms with Crippen molar-refractivity contribution in [2.45, 2.75) is 0 Å². The van der Waals surface area contributed by atoms with Gasteiger partial charge in [-0.1, -0.05) is 36.4 Å². The first-order chi connectivity index (χ1) is 7.83. The molecular formula is C13H9NS. The van der Waals surface area contributed by atoms with E-state index in [-0.39, 0.29) is 0 Å². The van der Waals surface area contributed by atoms with Crippen molar-refractivity contribution in [3.63, 3.8) is 0 Å². The molecule has 0 aliphatic carbocycles. The highest BCUT2D eigenvalue weighted by Gasteiger charge is 2.00. The van der Waals surface area contributed by atoms with Crippen LogP contribution in [0.15, 0.2) is 53.3 Å². The Hall–Kier alpha value is -1.67. The van der Waals surface area contributed by atoms with Crippen LogP contribution in [0.2, 0.25) is 0 Å². The summed E-state index contributed by atoms with van der Waals surface area (Å²) in [6.07, 6.45) is 0. The normalized spacial score (nSPS) is 11.6. The van der Waals surface area contributed by atoms with Crippen LogP contribution in [0.1, 0.15) is 1.37 Å². The van der Waals surface area contributed by atoms with Gasteiger partial charge in [0, 0.05) is 10.9 Å². The molecule has 0 N–H and O–H groups in total. The second-order valence-corrected chi connectivity index (χ2v) is 4.04. The van der Waals surface area contributed by atoms with Crippen molar-refractivity contribution in [1.82, 2.24) is 4.98 Å². The van der Waals surface area contributed by atoms with E-state index in [0.717, 1.165) is 11.3 Å². The summed E-state index contributed by atoms with van der Waals surface area (Å²) < 4.78 is 7.44. The summed E-state index contributed by atoms with van der Waals surface area (Å²) in [6, 6.07) is 14.5. The molecule has 0 amide bonds. The molecule has 3 rings (SSSR count). The van der Waals surface area contributed by atoms with Crippen molar-refractivity contribution in [1.29, 1.82) is 0 Å². The molecule has 0 aliphatic heterocycles. The summed E-state index contributed by atoms with van der Waals surface area (Å²) in [5.41, 5.74) is 2.33. The van der Waals surface area contributed by atoms with Crippen molar-refractivity contribution >= 4 is 22.1 Å². The van der Waals surface area contributed by atoms with E-state index in [1.54, 1.807) is 0 Å². The lowest BCUT2D eigenvalue weighted by molar-refractivity contribution is 1.42. The summed E-state index contributed by atoms with van der Waals surface area (Å²) in [6.45, 7) is 0. The van der Waals surface area contributed by atoms with Gasteiger partial charge in [-0.25, -0.2) is 4.98 Å². The Morgan fingerprint density at radius 2 is 1.93 bits per heavy atom. The first kappa shape index (κ1) is 7.60. The van der Waals surface area contributed by atoms with Gasteiger partial charge in [0.25, 0.3) is 0 Å². The number of rotatable bonds is 1. The Kier molecular flexibility index (Phi) is 1.76. The van der Waals surface area contributed by atoms with Crippen molar-refractivity contribution in [2.75, 3.05) is 0 Å². The van der Waals surface area contributed by atoms with Gasteiger partial charge in [0.15, 0.2) is 0 Å². The molecular weight excluding hydrogens is 202 g/mol. The molecule has 15 heavy (non-hydrogen) atoms. The number of aromatic nitrogens is 1. The molecule has 0 bridgehead atoms. The van der Waals surface area contributed by atoms with Gasteiger partial charge < -0.3 is 0 Å². The summed E-state index contributed by atoms with van der Waals surface area (Å²) in [5.74, 6) is 0. The standard InChI is InChI=1S/C13H9NS/c1-2-4-11-7-12(6-5-10(11)3-1)13-8-15-9-14-13/h1-9H/i9T. The van der Waals surface area contributed by atoms with Crippen LogP contribution in [-0.2, 0) is 0 Å². The average Bonchev–Trinajstić information content (AvgIpc) is 2.75. The lowest BCUT2D eigenvalue weighted by atomic mass is 10.1. The van der Waals surface area contributed by atoms with Gasteiger partial charge in [0.05, 0.1) is 12.6 Å². The van der Waals surface area contributed by atoms with E-state index < -0.39 is 0 Å². The zero-order valence-corrected chi connectivity index (χ0v) is 8.79. The van der Waals surface area contributed by atoms with Crippen LogP contribution in [0.25, 0.3) is 22.0 Å². The molecule has 0 spiro atoms. The lowest BCUT2D eigenvalue weighted by Gasteiger charge is -2.00. The van der Waals surface area contributed by atoms with Crippen LogP contribution in [-0.4, -0.2) is 4.98 Å². The van der Waals surface area contributed by atoms with Crippen LogP contribution in [0.3, 0.4) is 0 Å². The van der Waals surface area contributed by atoms with Crippen molar-refractivity contribution in [3.8, 4) is 11.3 Å². The van der Waals surface area contributed by atoms with E-state index in [1.165, 1.54) is 22.1 Å². The molecule has 0 saturated heterocycles. The Morgan fingerprint density at radius 3 is 2.73 bits per heavy atom. The van der Waals surface area contributed by atoms with Gasteiger partial charge in [0.1, 0.15) is 0 Å². The van der Waals surface area contributed by atoms with Gasteiger partial charge in [-0.05, 0) is 16.8 Å². The van der Waals surface area contributed by atoms with Gasteiger partial charge in [-0.3, -0.25) is 0 Å². The topological polar surface area (TPSA) is 12.9 Å². The second kappa shape index (κ2) is 3.48. The minimum atomic E-state index is 0.364. The fraction of sp³-hybridized carbons (Fsp3) is 0. The number of fused-ring (bicyclic) bond motifs is 1. The monoisotopic (exact) mass is 213 g/mol. The quantitative estimate of drug-likeness (QED) is 0.596.